The summed E-state index contributed by atoms with van der Waals surface area (Å²) in [4.78, 5) is 30.2. The zero-order valence-corrected chi connectivity index (χ0v) is 13.9. The maximum absolute atomic E-state index is 12.8. The van der Waals surface area contributed by atoms with Crippen molar-refractivity contribution in [1.29, 1.82) is 0 Å². The van der Waals surface area contributed by atoms with Crippen LogP contribution in [0.1, 0.15) is 32.1 Å². The predicted molar refractivity (Wildman–Crippen MR) is 88.8 cm³/mol. The Morgan fingerprint density at radius 3 is 2.65 bits per heavy atom. The van der Waals surface area contributed by atoms with E-state index < -0.39 is 5.41 Å². The van der Waals surface area contributed by atoms with Crippen molar-refractivity contribution in [1.82, 2.24) is 9.88 Å². The number of hydrogen-bond donors (Lipinski definition) is 1. The fourth-order valence-corrected chi connectivity index (χ4v) is 4.02. The fraction of sp³-hybridized carbons (Fsp3) is 0.471. The Morgan fingerprint density at radius 2 is 2.04 bits per heavy atom. The number of hydrogen-bond acceptors (Lipinski definition) is 3. The van der Waals surface area contributed by atoms with E-state index in [9.17, 15) is 9.59 Å². The summed E-state index contributed by atoms with van der Waals surface area (Å²) in [5, 5.41) is 2.98. The molecule has 0 bridgehead atoms. The first-order chi connectivity index (χ1) is 11.1. The highest BCUT2D eigenvalue weighted by Gasteiger charge is 2.51. The van der Waals surface area contributed by atoms with Crippen LogP contribution in [0.4, 0.5) is 0 Å². The number of carbonyl (C=O) groups is 2. The monoisotopic (exact) mass is 329 g/mol. The molecule has 0 atom stereocenters. The number of amides is 2. The lowest BCUT2D eigenvalue weighted by Gasteiger charge is -2.36. The Hall–Kier alpha value is -1.95. The minimum atomic E-state index is -0.925. The number of fused-ring (bicyclic) bond motifs is 1. The van der Waals surface area contributed by atoms with Crippen molar-refractivity contribution < 1.29 is 9.59 Å². The summed E-state index contributed by atoms with van der Waals surface area (Å²) in [6, 6.07) is 8.24. The summed E-state index contributed by atoms with van der Waals surface area (Å²) in [5.41, 5.74) is 0.125. The zero-order valence-electron chi connectivity index (χ0n) is 13.0. The standard InChI is InChI=1S/C17H19N3O2S/c1-20-12-5-2-3-6-13(12)23-16(20)19-15(22)17(9-4-10-17)14(21)18-11-7-8-11/h2-3,5-6,11H,4,7-10H2,1H3,(H,18,21). The van der Waals surface area contributed by atoms with Crippen molar-refractivity contribution >= 4 is 33.4 Å². The number of nitrogens with zero attached hydrogens (tertiary/aromatic N) is 2. The van der Waals surface area contributed by atoms with Gasteiger partial charge in [-0.05, 0) is 37.8 Å². The van der Waals surface area contributed by atoms with E-state index in [1.54, 1.807) is 0 Å². The topological polar surface area (TPSA) is 63.5 Å². The van der Waals surface area contributed by atoms with E-state index in [-0.39, 0.29) is 17.9 Å². The molecule has 0 radical (unpaired) electrons. The molecular formula is C17H19N3O2S. The Kier molecular flexibility index (Phi) is 3.37. The Balaban J connectivity index is 1.69. The van der Waals surface area contributed by atoms with Crippen molar-refractivity contribution in [2.45, 2.75) is 38.1 Å². The third-order valence-electron chi connectivity index (χ3n) is 4.88. The van der Waals surface area contributed by atoms with E-state index in [1.807, 2.05) is 35.9 Å². The molecule has 6 heteroatoms. The SMILES string of the molecule is Cn1c(=NC(=O)C2(C(=O)NC3CC3)CCC2)sc2ccccc21. The first-order valence-corrected chi connectivity index (χ1v) is 8.86. The van der Waals surface area contributed by atoms with Gasteiger partial charge in [0.25, 0.3) is 5.91 Å². The maximum atomic E-state index is 12.8. The molecular weight excluding hydrogens is 310 g/mol. The number of rotatable bonds is 3. The molecule has 1 aromatic heterocycles. The molecule has 120 valence electrons. The normalized spacial score (nSPS) is 20.3. The third kappa shape index (κ3) is 2.41. The Bertz CT molecular complexity index is 856. The van der Waals surface area contributed by atoms with Gasteiger partial charge in [-0.15, -0.1) is 0 Å². The second-order valence-corrected chi connectivity index (χ2v) is 7.52. The van der Waals surface area contributed by atoms with Gasteiger partial charge < -0.3 is 9.88 Å². The molecule has 2 aliphatic carbocycles. The molecule has 0 spiro atoms. The molecule has 0 saturated heterocycles. The van der Waals surface area contributed by atoms with Gasteiger partial charge in [0.1, 0.15) is 5.41 Å². The first-order valence-electron chi connectivity index (χ1n) is 8.05. The van der Waals surface area contributed by atoms with E-state index in [4.69, 9.17) is 0 Å². The van der Waals surface area contributed by atoms with E-state index in [0.717, 1.165) is 29.5 Å². The molecule has 4 rings (SSSR count). The molecule has 2 aromatic rings. The number of carbonyl (C=O) groups excluding carboxylic acids is 2. The number of aromatic nitrogens is 1. The molecule has 1 N–H and O–H groups in total. The van der Waals surface area contributed by atoms with Gasteiger partial charge in [-0.25, -0.2) is 0 Å². The van der Waals surface area contributed by atoms with Crippen LogP contribution in [0.3, 0.4) is 0 Å². The van der Waals surface area contributed by atoms with E-state index in [1.165, 1.54) is 11.3 Å². The van der Waals surface area contributed by atoms with Crippen molar-refractivity contribution in [2.75, 3.05) is 0 Å². The molecule has 2 aliphatic rings. The predicted octanol–water partition coefficient (Wildman–Crippen LogP) is 2.12. The van der Waals surface area contributed by atoms with Crippen molar-refractivity contribution in [3.8, 4) is 0 Å². The lowest BCUT2D eigenvalue weighted by Crippen LogP contribution is -2.51. The zero-order chi connectivity index (χ0) is 16.0. The lowest BCUT2D eigenvalue weighted by molar-refractivity contribution is -0.147. The van der Waals surface area contributed by atoms with Gasteiger partial charge in [-0.2, -0.15) is 4.99 Å². The molecule has 23 heavy (non-hydrogen) atoms. The summed E-state index contributed by atoms with van der Waals surface area (Å²) in [7, 11) is 1.91. The smallest absolute Gasteiger partial charge is 0.264 e. The Labute approximate surface area is 138 Å². The average molecular weight is 329 g/mol. The molecule has 1 aromatic carbocycles. The molecule has 2 saturated carbocycles. The number of para-hydroxylation sites is 1. The van der Waals surface area contributed by atoms with Crippen molar-refractivity contribution in [2.24, 2.45) is 17.5 Å². The van der Waals surface area contributed by atoms with Gasteiger partial charge in [-0.3, -0.25) is 9.59 Å². The summed E-state index contributed by atoms with van der Waals surface area (Å²) >= 11 is 1.48. The minimum Gasteiger partial charge on any atom is -0.352 e. The van der Waals surface area contributed by atoms with Gasteiger partial charge >= 0.3 is 0 Å². The summed E-state index contributed by atoms with van der Waals surface area (Å²) < 4.78 is 3.01. The number of nitrogens with one attached hydrogen (secondary N) is 1. The third-order valence-corrected chi connectivity index (χ3v) is 5.99. The van der Waals surface area contributed by atoms with Gasteiger partial charge in [0, 0.05) is 13.1 Å². The molecule has 0 unspecified atom stereocenters. The van der Waals surface area contributed by atoms with Crippen LogP contribution in [0.5, 0.6) is 0 Å². The Morgan fingerprint density at radius 1 is 1.30 bits per heavy atom. The molecule has 0 aliphatic heterocycles. The lowest BCUT2D eigenvalue weighted by atomic mass is 9.67. The largest absolute Gasteiger partial charge is 0.352 e. The van der Waals surface area contributed by atoms with Crippen LogP contribution in [0.2, 0.25) is 0 Å². The molecule has 1 heterocycles. The van der Waals surface area contributed by atoms with Crippen LogP contribution in [0, 0.1) is 5.41 Å². The minimum absolute atomic E-state index is 0.122. The highest BCUT2D eigenvalue weighted by atomic mass is 32.1. The van der Waals surface area contributed by atoms with Crippen molar-refractivity contribution in [3.63, 3.8) is 0 Å². The van der Waals surface area contributed by atoms with Gasteiger partial charge in [0.15, 0.2) is 4.80 Å². The van der Waals surface area contributed by atoms with E-state index in [0.29, 0.717) is 17.6 Å². The van der Waals surface area contributed by atoms with Crippen LogP contribution < -0.4 is 10.1 Å². The summed E-state index contributed by atoms with van der Waals surface area (Å²) in [6.45, 7) is 0. The van der Waals surface area contributed by atoms with Crippen LogP contribution in [-0.4, -0.2) is 22.4 Å². The fourth-order valence-electron chi connectivity index (χ4n) is 3.00. The van der Waals surface area contributed by atoms with Crippen LogP contribution in [0.25, 0.3) is 10.2 Å². The second kappa shape index (κ2) is 5.30. The number of aryl methyl sites for hydroxylation is 1. The van der Waals surface area contributed by atoms with Gasteiger partial charge in [-0.1, -0.05) is 29.9 Å². The van der Waals surface area contributed by atoms with Crippen LogP contribution in [0.15, 0.2) is 29.3 Å². The van der Waals surface area contributed by atoms with E-state index >= 15 is 0 Å². The van der Waals surface area contributed by atoms with Crippen LogP contribution in [-0.2, 0) is 16.6 Å². The number of benzene rings is 1. The highest BCUT2D eigenvalue weighted by Crippen LogP contribution is 2.43. The molecule has 2 fully saturated rings. The number of thiazole rings is 1. The molecule has 2 amide bonds. The highest BCUT2D eigenvalue weighted by molar-refractivity contribution is 7.16. The summed E-state index contributed by atoms with van der Waals surface area (Å²) in [6.07, 6.45) is 4.19. The van der Waals surface area contributed by atoms with E-state index in [2.05, 4.69) is 10.3 Å². The second-order valence-electron chi connectivity index (χ2n) is 6.51. The summed E-state index contributed by atoms with van der Waals surface area (Å²) in [5.74, 6) is -0.409. The average Bonchev–Trinajstić information content (AvgIpc) is 3.23. The molecule has 5 nitrogen and oxygen atoms in total. The maximum Gasteiger partial charge on any atom is 0.264 e. The van der Waals surface area contributed by atoms with Crippen molar-refractivity contribution in [3.05, 3.63) is 29.1 Å². The van der Waals surface area contributed by atoms with Gasteiger partial charge in [0.05, 0.1) is 10.2 Å². The quantitative estimate of drug-likeness (QED) is 0.877. The van der Waals surface area contributed by atoms with Gasteiger partial charge in [0.2, 0.25) is 5.91 Å². The van der Waals surface area contributed by atoms with Crippen LogP contribution >= 0.6 is 11.3 Å². The first kappa shape index (κ1) is 14.6.